The van der Waals surface area contributed by atoms with Crippen LogP contribution in [0.4, 0.5) is 5.69 Å². The summed E-state index contributed by atoms with van der Waals surface area (Å²) in [6.07, 6.45) is 3.46. The number of nitrogens with two attached hydrogens (primary N) is 1. The maximum Gasteiger partial charge on any atom is 0.488 e. The number of hydrogen-bond acceptors (Lipinski definition) is 6. The maximum absolute atomic E-state index is 12.8. The number of fused-ring (bicyclic) bond motifs is 1. The number of carbonyl (C=O) groups is 1. The van der Waals surface area contributed by atoms with Crippen LogP contribution in [0.3, 0.4) is 0 Å². The van der Waals surface area contributed by atoms with Gasteiger partial charge in [0, 0.05) is 37.1 Å². The minimum Gasteiger partial charge on any atom is -0.423 e. The number of ether oxygens (including phenoxy) is 1. The van der Waals surface area contributed by atoms with Crippen LogP contribution in [0.5, 0.6) is 0 Å². The number of amides is 1. The molecule has 3 rings (SSSR count). The van der Waals surface area contributed by atoms with Crippen molar-refractivity contribution in [1.82, 2.24) is 4.98 Å². The Morgan fingerprint density at radius 1 is 1.21 bits per heavy atom. The first-order valence-corrected chi connectivity index (χ1v) is 8.86. The van der Waals surface area contributed by atoms with Crippen LogP contribution >= 0.6 is 0 Å². The first-order chi connectivity index (χ1) is 13.5. The highest BCUT2D eigenvalue weighted by atomic mass is 16.5. The van der Waals surface area contributed by atoms with E-state index in [2.05, 4.69) is 10.3 Å². The van der Waals surface area contributed by atoms with E-state index < -0.39 is 13.0 Å². The van der Waals surface area contributed by atoms with Gasteiger partial charge in [-0.3, -0.25) is 9.78 Å². The van der Waals surface area contributed by atoms with E-state index >= 15 is 0 Å². The van der Waals surface area contributed by atoms with Crippen LogP contribution < -0.4 is 16.5 Å². The Labute approximate surface area is 163 Å². The molecule has 3 aromatic rings. The number of hydrogen-bond donors (Lipinski definition) is 4. The van der Waals surface area contributed by atoms with Gasteiger partial charge in [0.15, 0.2) is 0 Å². The second-order valence-corrected chi connectivity index (χ2v) is 6.48. The van der Waals surface area contributed by atoms with Gasteiger partial charge in [-0.1, -0.05) is 24.3 Å². The highest BCUT2D eigenvalue weighted by Gasteiger charge is 2.23. The Morgan fingerprint density at radius 3 is 2.75 bits per heavy atom. The number of nitrogens with one attached hydrogen (secondary N) is 1. The summed E-state index contributed by atoms with van der Waals surface area (Å²) in [4.78, 5) is 16.9. The number of pyridine rings is 1. The zero-order chi connectivity index (χ0) is 20.1. The summed E-state index contributed by atoms with van der Waals surface area (Å²) in [7, 11) is -0.0980. The number of rotatable bonds is 7. The fourth-order valence-corrected chi connectivity index (χ4v) is 3.16. The van der Waals surface area contributed by atoms with Gasteiger partial charge >= 0.3 is 7.12 Å². The zero-order valence-corrected chi connectivity index (χ0v) is 15.5. The van der Waals surface area contributed by atoms with Crippen LogP contribution in [0.25, 0.3) is 10.8 Å². The second-order valence-electron chi connectivity index (χ2n) is 6.48. The fraction of sp³-hybridized carbons (Fsp3) is 0.200. The van der Waals surface area contributed by atoms with Crippen molar-refractivity contribution < 1.29 is 19.6 Å². The van der Waals surface area contributed by atoms with Gasteiger partial charge in [0.2, 0.25) is 5.91 Å². The molecule has 0 saturated heterocycles. The van der Waals surface area contributed by atoms with Gasteiger partial charge in [-0.25, -0.2) is 0 Å². The van der Waals surface area contributed by atoms with Crippen molar-refractivity contribution in [2.75, 3.05) is 19.0 Å². The predicted octanol–water partition coefficient (Wildman–Crippen LogP) is 0.742. The van der Waals surface area contributed by atoms with Gasteiger partial charge in [0.1, 0.15) is 0 Å². The Hall–Kier alpha value is -2.78. The van der Waals surface area contributed by atoms with Crippen molar-refractivity contribution in [3.05, 3.63) is 66.0 Å². The van der Waals surface area contributed by atoms with Gasteiger partial charge in [-0.05, 0) is 40.2 Å². The molecule has 0 fully saturated rings. The van der Waals surface area contributed by atoms with Crippen molar-refractivity contribution in [3.63, 3.8) is 0 Å². The summed E-state index contributed by atoms with van der Waals surface area (Å²) in [6.45, 7) is 0.301. The average molecular weight is 379 g/mol. The highest BCUT2D eigenvalue weighted by molar-refractivity contribution is 6.59. The van der Waals surface area contributed by atoms with Crippen molar-refractivity contribution in [2.45, 2.75) is 12.5 Å². The SMILES string of the molecule is COCc1cc(C(CN)C(=O)Nc2ccc3cnccc3c2)ccc1B(O)O. The van der Waals surface area contributed by atoms with Crippen LogP contribution in [0, 0.1) is 0 Å². The summed E-state index contributed by atoms with van der Waals surface area (Å²) < 4.78 is 5.12. The second kappa shape index (κ2) is 8.94. The Morgan fingerprint density at radius 2 is 2.04 bits per heavy atom. The molecular weight excluding hydrogens is 357 g/mol. The summed E-state index contributed by atoms with van der Waals surface area (Å²) in [5.74, 6) is -0.829. The molecule has 7 nitrogen and oxygen atoms in total. The molecule has 0 radical (unpaired) electrons. The topological polar surface area (TPSA) is 118 Å². The molecular formula is C20H22BN3O4. The molecule has 1 atom stereocenters. The molecule has 144 valence electrons. The third-order valence-corrected chi connectivity index (χ3v) is 4.61. The van der Waals surface area contributed by atoms with E-state index in [0.717, 1.165) is 10.8 Å². The fourth-order valence-electron chi connectivity index (χ4n) is 3.16. The normalized spacial score (nSPS) is 12.0. The summed E-state index contributed by atoms with van der Waals surface area (Å²) in [5.41, 5.74) is 8.16. The molecule has 1 aromatic heterocycles. The predicted molar refractivity (Wildman–Crippen MR) is 109 cm³/mol. The molecule has 8 heteroatoms. The lowest BCUT2D eigenvalue weighted by molar-refractivity contribution is -0.117. The van der Waals surface area contributed by atoms with Crippen LogP contribution in [0.1, 0.15) is 17.0 Å². The number of benzene rings is 2. The molecule has 0 bridgehead atoms. The molecule has 0 spiro atoms. The molecule has 0 saturated carbocycles. The minimum atomic E-state index is -1.61. The van der Waals surface area contributed by atoms with E-state index in [-0.39, 0.29) is 19.1 Å². The zero-order valence-electron chi connectivity index (χ0n) is 15.5. The lowest BCUT2D eigenvalue weighted by Crippen LogP contribution is -2.34. The molecule has 2 aromatic carbocycles. The Balaban J connectivity index is 1.85. The smallest absolute Gasteiger partial charge is 0.423 e. The van der Waals surface area contributed by atoms with E-state index in [1.54, 1.807) is 30.6 Å². The molecule has 0 aliphatic rings. The largest absolute Gasteiger partial charge is 0.488 e. The van der Waals surface area contributed by atoms with Crippen LogP contribution in [-0.4, -0.2) is 41.7 Å². The third kappa shape index (κ3) is 4.37. The first-order valence-electron chi connectivity index (χ1n) is 8.86. The third-order valence-electron chi connectivity index (χ3n) is 4.61. The highest BCUT2D eigenvalue weighted by Crippen LogP contribution is 2.22. The lowest BCUT2D eigenvalue weighted by Gasteiger charge is -2.18. The summed E-state index contributed by atoms with van der Waals surface area (Å²) >= 11 is 0. The number of carbonyl (C=O) groups excluding carboxylic acids is 1. The van der Waals surface area contributed by atoms with Crippen molar-refractivity contribution >= 4 is 34.9 Å². The van der Waals surface area contributed by atoms with Crippen molar-refractivity contribution in [1.29, 1.82) is 0 Å². The first kappa shape index (κ1) is 20.0. The number of methoxy groups -OCH3 is 1. The van der Waals surface area contributed by atoms with E-state index in [4.69, 9.17) is 10.5 Å². The van der Waals surface area contributed by atoms with Crippen LogP contribution in [0.2, 0.25) is 0 Å². The van der Waals surface area contributed by atoms with Crippen molar-refractivity contribution in [3.8, 4) is 0 Å². The van der Waals surface area contributed by atoms with E-state index in [9.17, 15) is 14.8 Å². The van der Waals surface area contributed by atoms with Crippen LogP contribution in [-0.2, 0) is 16.1 Å². The average Bonchev–Trinajstić information content (AvgIpc) is 2.68. The monoisotopic (exact) mass is 379 g/mol. The molecule has 28 heavy (non-hydrogen) atoms. The Bertz CT molecular complexity index is 981. The Kier molecular flexibility index (Phi) is 6.38. The lowest BCUT2D eigenvalue weighted by atomic mass is 9.76. The number of anilines is 1. The maximum atomic E-state index is 12.8. The minimum absolute atomic E-state index is 0.108. The molecule has 1 heterocycles. The number of nitrogens with zero attached hydrogens (tertiary/aromatic N) is 1. The molecule has 0 aliphatic heterocycles. The van der Waals surface area contributed by atoms with Gasteiger partial charge in [-0.15, -0.1) is 0 Å². The van der Waals surface area contributed by atoms with Gasteiger partial charge < -0.3 is 25.8 Å². The summed E-state index contributed by atoms with van der Waals surface area (Å²) in [6, 6.07) is 12.4. The van der Waals surface area contributed by atoms with E-state index in [1.807, 2.05) is 24.3 Å². The van der Waals surface area contributed by atoms with Gasteiger partial charge in [0.05, 0.1) is 12.5 Å². The van der Waals surface area contributed by atoms with Crippen molar-refractivity contribution in [2.24, 2.45) is 5.73 Å². The quantitative estimate of drug-likeness (QED) is 0.450. The van der Waals surface area contributed by atoms with E-state index in [1.165, 1.54) is 7.11 Å². The van der Waals surface area contributed by atoms with E-state index in [0.29, 0.717) is 22.3 Å². The van der Waals surface area contributed by atoms with Gasteiger partial charge in [0.25, 0.3) is 0 Å². The molecule has 1 amide bonds. The molecule has 0 aliphatic carbocycles. The molecule has 1 unspecified atom stereocenters. The number of aromatic nitrogens is 1. The summed E-state index contributed by atoms with van der Waals surface area (Å²) in [5, 5.41) is 23.9. The van der Waals surface area contributed by atoms with Crippen LogP contribution in [0.15, 0.2) is 54.9 Å². The molecule has 5 N–H and O–H groups in total. The standard InChI is InChI=1S/C20H22BN3O4/c1-28-12-16-8-14(3-5-19(16)21(26)27)18(10-22)20(25)24-17-4-2-15-11-23-7-6-13(15)9-17/h2-9,11,18,26-27H,10,12,22H2,1H3,(H,24,25). The van der Waals surface area contributed by atoms with Gasteiger partial charge in [-0.2, -0.15) is 0 Å².